The summed E-state index contributed by atoms with van der Waals surface area (Å²) in [7, 11) is 3.49. The highest BCUT2D eigenvalue weighted by molar-refractivity contribution is 9.10. The van der Waals surface area contributed by atoms with Crippen LogP contribution >= 0.6 is 15.9 Å². The molecule has 0 spiro atoms. The smallest absolute Gasteiger partial charge is 0.132 e. The van der Waals surface area contributed by atoms with Crippen LogP contribution in [0.15, 0.2) is 29.0 Å². The summed E-state index contributed by atoms with van der Waals surface area (Å²) >= 11 is 3.07. The molecule has 1 unspecified atom stereocenters. The summed E-state index contributed by atoms with van der Waals surface area (Å²) < 4.78 is 29.9. The second kappa shape index (κ2) is 5.79. The molecule has 2 rings (SSSR count). The van der Waals surface area contributed by atoms with E-state index < -0.39 is 17.7 Å². The van der Waals surface area contributed by atoms with Crippen LogP contribution in [-0.2, 0) is 13.5 Å². The molecule has 0 bridgehead atoms. The second-order valence-electron chi connectivity index (χ2n) is 4.35. The first-order valence-electron chi connectivity index (χ1n) is 5.80. The number of aromatic nitrogens is 2. The molecule has 1 N–H and O–H groups in total. The molecule has 6 heteroatoms. The van der Waals surface area contributed by atoms with Crippen molar-refractivity contribution in [3.05, 3.63) is 51.8 Å². The van der Waals surface area contributed by atoms with E-state index in [-0.39, 0.29) is 5.56 Å². The van der Waals surface area contributed by atoms with Gasteiger partial charge < -0.3 is 5.32 Å². The standard InChI is InChI=1S/C13H14BrF2N3/c1-17-12(3-8-6-18-19(2)7-8)13-10(15)4-9(14)5-11(13)16/h4-7,12,17H,3H2,1-2H3. The van der Waals surface area contributed by atoms with Crippen LogP contribution in [0.4, 0.5) is 8.78 Å². The molecular formula is C13H14BrF2N3. The molecule has 1 atom stereocenters. The zero-order chi connectivity index (χ0) is 14.0. The summed E-state index contributed by atoms with van der Waals surface area (Å²) in [5, 5.41) is 7.00. The maximum atomic E-state index is 13.9. The van der Waals surface area contributed by atoms with Gasteiger partial charge in [-0.05, 0) is 31.2 Å². The Morgan fingerprint density at radius 2 is 2.00 bits per heavy atom. The predicted octanol–water partition coefficient (Wildman–Crippen LogP) is 2.96. The Labute approximate surface area is 118 Å². The minimum atomic E-state index is -0.560. The molecule has 0 fully saturated rings. The first-order valence-corrected chi connectivity index (χ1v) is 6.59. The Kier molecular flexibility index (Phi) is 4.31. The largest absolute Gasteiger partial charge is 0.313 e. The maximum Gasteiger partial charge on any atom is 0.132 e. The van der Waals surface area contributed by atoms with E-state index in [0.717, 1.165) is 5.56 Å². The van der Waals surface area contributed by atoms with Crippen LogP contribution in [0.3, 0.4) is 0 Å². The highest BCUT2D eigenvalue weighted by atomic mass is 79.9. The summed E-state index contributed by atoms with van der Waals surface area (Å²) in [4.78, 5) is 0. The molecule has 0 aliphatic rings. The topological polar surface area (TPSA) is 29.9 Å². The molecule has 0 aliphatic heterocycles. The average Bonchev–Trinajstić information content (AvgIpc) is 2.72. The van der Waals surface area contributed by atoms with Crippen molar-refractivity contribution in [2.24, 2.45) is 7.05 Å². The quantitative estimate of drug-likeness (QED) is 0.934. The number of nitrogens with one attached hydrogen (secondary N) is 1. The number of nitrogens with zero attached hydrogens (tertiary/aromatic N) is 2. The SMILES string of the molecule is CNC(Cc1cnn(C)c1)c1c(F)cc(Br)cc1F. The molecule has 0 saturated heterocycles. The predicted molar refractivity (Wildman–Crippen MR) is 72.8 cm³/mol. The first-order chi connectivity index (χ1) is 9.01. The van der Waals surface area contributed by atoms with Gasteiger partial charge >= 0.3 is 0 Å². The first kappa shape index (κ1) is 14.1. The van der Waals surface area contributed by atoms with E-state index in [4.69, 9.17) is 0 Å². The lowest BCUT2D eigenvalue weighted by atomic mass is 10.00. The molecule has 0 aliphatic carbocycles. The van der Waals surface area contributed by atoms with Crippen LogP contribution in [0, 0.1) is 11.6 Å². The highest BCUT2D eigenvalue weighted by Gasteiger charge is 2.20. The van der Waals surface area contributed by atoms with Crippen LogP contribution in [0.2, 0.25) is 0 Å². The Morgan fingerprint density at radius 3 is 2.47 bits per heavy atom. The van der Waals surface area contributed by atoms with Crippen molar-refractivity contribution in [2.75, 3.05) is 7.05 Å². The van der Waals surface area contributed by atoms with Gasteiger partial charge in [-0.3, -0.25) is 4.68 Å². The van der Waals surface area contributed by atoms with Gasteiger partial charge in [-0.25, -0.2) is 8.78 Å². The molecule has 0 radical (unpaired) electrons. The lowest BCUT2D eigenvalue weighted by Crippen LogP contribution is -2.21. The van der Waals surface area contributed by atoms with E-state index in [2.05, 4.69) is 26.3 Å². The lowest BCUT2D eigenvalue weighted by Gasteiger charge is -2.17. The average molecular weight is 330 g/mol. The minimum absolute atomic E-state index is 0.0505. The third-order valence-electron chi connectivity index (χ3n) is 2.94. The van der Waals surface area contributed by atoms with Gasteiger partial charge in [-0.2, -0.15) is 5.10 Å². The van der Waals surface area contributed by atoms with Crippen molar-refractivity contribution >= 4 is 15.9 Å². The molecule has 0 amide bonds. The number of rotatable bonds is 4. The number of hydrogen-bond acceptors (Lipinski definition) is 2. The van der Waals surface area contributed by atoms with Crippen molar-refractivity contribution in [3.63, 3.8) is 0 Å². The van der Waals surface area contributed by atoms with Crippen LogP contribution in [0.1, 0.15) is 17.2 Å². The van der Waals surface area contributed by atoms with E-state index in [9.17, 15) is 8.78 Å². The van der Waals surface area contributed by atoms with E-state index in [1.807, 2.05) is 6.20 Å². The molecule has 19 heavy (non-hydrogen) atoms. The van der Waals surface area contributed by atoms with Crippen LogP contribution in [0.5, 0.6) is 0 Å². The van der Waals surface area contributed by atoms with Gasteiger partial charge in [0.05, 0.1) is 6.20 Å². The summed E-state index contributed by atoms with van der Waals surface area (Å²) in [6, 6.07) is 2.11. The van der Waals surface area contributed by atoms with Crippen molar-refractivity contribution in [1.29, 1.82) is 0 Å². The number of hydrogen-bond donors (Lipinski definition) is 1. The molecule has 1 aromatic carbocycles. The van der Waals surface area contributed by atoms with Crippen LogP contribution in [-0.4, -0.2) is 16.8 Å². The number of likely N-dealkylation sites (N-methyl/N-ethyl adjacent to an activating group) is 1. The monoisotopic (exact) mass is 329 g/mol. The highest BCUT2D eigenvalue weighted by Crippen LogP contribution is 2.26. The van der Waals surface area contributed by atoms with Gasteiger partial charge in [0, 0.05) is 29.3 Å². The fourth-order valence-corrected chi connectivity index (χ4v) is 2.45. The van der Waals surface area contributed by atoms with Crippen LogP contribution in [0.25, 0.3) is 0 Å². The van der Waals surface area contributed by atoms with Crippen LogP contribution < -0.4 is 5.32 Å². The molecule has 3 nitrogen and oxygen atoms in total. The second-order valence-corrected chi connectivity index (χ2v) is 5.27. The third-order valence-corrected chi connectivity index (χ3v) is 3.40. The summed E-state index contributed by atoms with van der Waals surface area (Å²) in [6.45, 7) is 0. The Bertz CT molecular complexity index is 560. The fraction of sp³-hybridized carbons (Fsp3) is 0.308. The molecule has 102 valence electrons. The van der Waals surface area contributed by atoms with Crippen molar-refractivity contribution in [3.8, 4) is 0 Å². The fourth-order valence-electron chi connectivity index (χ4n) is 2.05. The van der Waals surface area contributed by atoms with Gasteiger partial charge in [0.2, 0.25) is 0 Å². The lowest BCUT2D eigenvalue weighted by molar-refractivity contribution is 0.488. The summed E-state index contributed by atoms with van der Waals surface area (Å²) in [5.74, 6) is -1.12. The Morgan fingerprint density at radius 1 is 1.37 bits per heavy atom. The summed E-state index contributed by atoms with van der Waals surface area (Å²) in [6.07, 6.45) is 4.00. The Hall–Kier alpha value is -1.27. The van der Waals surface area contributed by atoms with Gasteiger partial charge in [0.1, 0.15) is 11.6 Å². The molecule has 0 saturated carbocycles. The van der Waals surface area contributed by atoms with E-state index >= 15 is 0 Å². The number of aryl methyl sites for hydroxylation is 1. The van der Waals surface area contributed by atoms with Gasteiger partial charge in [-0.15, -0.1) is 0 Å². The Balaban J connectivity index is 2.32. The zero-order valence-electron chi connectivity index (χ0n) is 10.6. The summed E-state index contributed by atoms with van der Waals surface area (Å²) in [5.41, 5.74) is 0.970. The van der Waals surface area contributed by atoms with Crippen molar-refractivity contribution < 1.29 is 8.78 Å². The zero-order valence-corrected chi connectivity index (χ0v) is 12.2. The number of benzene rings is 1. The van der Waals surface area contributed by atoms with Gasteiger partial charge in [0.25, 0.3) is 0 Å². The molecule has 1 aromatic heterocycles. The third kappa shape index (κ3) is 3.19. The molecule has 2 aromatic rings. The number of halogens is 3. The van der Waals surface area contributed by atoms with E-state index in [1.165, 1.54) is 12.1 Å². The molecule has 1 heterocycles. The van der Waals surface area contributed by atoms with E-state index in [0.29, 0.717) is 10.9 Å². The van der Waals surface area contributed by atoms with Gasteiger partial charge in [-0.1, -0.05) is 15.9 Å². The maximum absolute atomic E-state index is 13.9. The van der Waals surface area contributed by atoms with Crippen molar-refractivity contribution in [1.82, 2.24) is 15.1 Å². The van der Waals surface area contributed by atoms with Gasteiger partial charge in [0.15, 0.2) is 0 Å². The minimum Gasteiger partial charge on any atom is -0.313 e. The van der Waals surface area contributed by atoms with E-state index in [1.54, 1.807) is 25.0 Å². The molecular weight excluding hydrogens is 316 g/mol. The normalized spacial score (nSPS) is 12.7. The van der Waals surface area contributed by atoms with Crippen molar-refractivity contribution in [2.45, 2.75) is 12.5 Å².